The third-order valence-electron chi connectivity index (χ3n) is 17.4. The van der Waals surface area contributed by atoms with Gasteiger partial charge in [0.2, 0.25) is 0 Å². The maximum absolute atomic E-state index is 2.65. The van der Waals surface area contributed by atoms with Crippen LogP contribution in [0.4, 0.5) is 17.1 Å². The second kappa shape index (κ2) is 14.5. The van der Waals surface area contributed by atoms with Crippen LogP contribution in [0.2, 0.25) is 0 Å². The number of hydrogen-bond acceptors (Lipinski definition) is 1. The highest BCUT2D eigenvalue weighted by molar-refractivity contribution is 6.26. The van der Waals surface area contributed by atoms with Crippen LogP contribution in [-0.4, -0.2) is 0 Å². The summed E-state index contributed by atoms with van der Waals surface area (Å²) in [6, 6.07) is 90.7. The second-order valence-electron chi connectivity index (χ2n) is 20.5. The summed E-state index contributed by atoms with van der Waals surface area (Å²) in [5.41, 5.74) is 21.8. The molecule has 1 nitrogen and oxygen atoms in total. The zero-order valence-electron chi connectivity index (χ0n) is 39.3. The molecule has 0 heterocycles. The fourth-order valence-electron chi connectivity index (χ4n) is 14.5. The molecule has 12 aromatic rings. The Morgan fingerprint density at radius 1 is 0.268 bits per heavy atom. The van der Waals surface area contributed by atoms with E-state index >= 15 is 0 Å². The Labute approximate surface area is 413 Å². The standard InChI is InChI=1S/C70H47N/c1-2-20-47-44(18-1)19-17-29-48(47)61-42-60-57-28-10-14-33-65(57)70(63-31-12-8-26-55(63)56-27-9-13-32-64(56)70)67(60)43-68(61)71(46-35-37-58-54-25-7-11-30-62(54)69(66(58)41-46)38-15-16-39-69)45-34-36-53-51-23-4-3-21-49(51)50-22-5-6-24-52(50)59(53)40-45/h1-14,17-37,40-43H,15-16,38-39H2. The van der Waals surface area contributed by atoms with Crippen LogP contribution in [0.5, 0.6) is 0 Å². The van der Waals surface area contributed by atoms with Crippen LogP contribution < -0.4 is 4.90 Å². The Kier molecular flexibility index (Phi) is 8.04. The van der Waals surface area contributed by atoms with E-state index in [1.54, 1.807) is 0 Å². The second-order valence-corrected chi connectivity index (χ2v) is 20.5. The molecule has 2 spiro atoms. The summed E-state index contributed by atoms with van der Waals surface area (Å²) in [7, 11) is 0. The van der Waals surface area contributed by atoms with Gasteiger partial charge in [0.1, 0.15) is 0 Å². The number of benzene rings is 12. The number of anilines is 3. The van der Waals surface area contributed by atoms with E-state index in [1.165, 1.54) is 158 Å². The number of nitrogens with zero attached hydrogens (tertiary/aromatic N) is 1. The molecule has 0 aliphatic heterocycles. The van der Waals surface area contributed by atoms with Crippen LogP contribution in [0.25, 0.3) is 87.6 Å². The van der Waals surface area contributed by atoms with Gasteiger partial charge in [0.15, 0.2) is 0 Å². The molecule has 16 rings (SSSR count). The smallest absolute Gasteiger partial charge is 0.0726 e. The molecule has 0 radical (unpaired) electrons. The Balaban J connectivity index is 1.06. The van der Waals surface area contributed by atoms with Crippen molar-refractivity contribution in [1.29, 1.82) is 0 Å². The van der Waals surface area contributed by atoms with Gasteiger partial charge in [0.25, 0.3) is 0 Å². The van der Waals surface area contributed by atoms with Crippen LogP contribution >= 0.6 is 0 Å². The Morgan fingerprint density at radius 2 is 0.718 bits per heavy atom. The molecule has 332 valence electrons. The number of fused-ring (bicyclic) bond motifs is 22. The van der Waals surface area contributed by atoms with Gasteiger partial charge in [-0.05, 0) is 165 Å². The Bertz CT molecular complexity index is 4170. The minimum atomic E-state index is -0.511. The van der Waals surface area contributed by atoms with Crippen LogP contribution in [0.1, 0.15) is 59.1 Å². The van der Waals surface area contributed by atoms with E-state index < -0.39 is 5.41 Å². The van der Waals surface area contributed by atoms with E-state index in [0.717, 1.165) is 5.69 Å². The summed E-state index contributed by atoms with van der Waals surface area (Å²) in [5.74, 6) is 0. The van der Waals surface area contributed by atoms with Crippen LogP contribution in [0, 0.1) is 0 Å². The molecule has 71 heavy (non-hydrogen) atoms. The lowest BCUT2D eigenvalue weighted by atomic mass is 9.70. The molecular weight excluding hydrogens is 855 g/mol. The summed E-state index contributed by atoms with van der Waals surface area (Å²) >= 11 is 0. The van der Waals surface area contributed by atoms with E-state index in [0.29, 0.717) is 0 Å². The van der Waals surface area contributed by atoms with E-state index in [2.05, 4.69) is 241 Å². The van der Waals surface area contributed by atoms with Gasteiger partial charge in [0.05, 0.1) is 11.1 Å². The van der Waals surface area contributed by atoms with Crippen molar-refractivity contribution in [3.8, 4) is 44.5 Å². The zero-order chi connectivity index (χ0) is 46.4. The molecule has 12 aromatic carbocycles. The number of hydrogen-bond donors (Lipinski definition) is 0. The molecule has 0 saturated heterocycles. The topological polar surface area (TPSA) is 3.24 Å². The van der Waals surface area contributed by atoms with Crippen molar-refractivity contribution in [2.75, 3.05) is 4.90 Å². The zero-order valence-corrected chi connectivity index (χ0v) is 39.3. The summed E-state index contributed by atoms with van der Waals surface area (Å²) in [4.78, 5) is 2.65. The van der Waals surface area contributed by atoms with Gasteiger partial charge >= 0.3 is 0 Å². The highest BCUT2D eigenvalue weighted by atomic mass is 15.1. The Hall–Kier alpha value is -8.52. The van der Waals surface area contributed by atoms with Crippen LogP contribution in [0.15, 0.2) is 237 Å². The lowest BCUT2D eigenvalue weighted by Crippen LogP contribution is -2.26. The van der Waals surface area contributed by atoms with Gasteiger partial charge in [-0.15, -0.1) is 0 Å². The molecule has 0 amide bonds. The summed E-state index contributed by atoms with van der Waals surface area (Å²) < 4.78 is 0. The van der Waals surface area contributed by atoms with Crippen molar-refractivity contribution in [2.45, 2.75) is 36.5 Å². The first kappa shape index (κ1) is 39.3. The monoisotopic (exact) mass is 901 g/mol. The highest BCUT2D eigenvalue weighted by Gasteiger charge is 2.52. The van der Waals surface area contributed by atoms with Gasteiger partial charge in [-0.2, -0.15) is 0 Å². The summed E-state index contributed by atoms with van der Waals surface area (Å²) in [6.45, 7) is 0. The predicted molar refractivity (Wildman–Crippen MR) is 298 cm³/mol. The third-order valence-corrected chi connectivity index (χ3v) is 17.4. The minimum Gasteiger partial charge on any atom is -0.310 e. The number of rotatable bonds is 4. The SMILES string of the molecule is c1ccc2c(c1)-c1ccc(N(c3ccc4c5ccccc5c5ccccc5c4c3)c3cc4c(cc3-c3cccc5ccccc35)-c3ccccc3C43c4ccccc4-c4ccccc43)cc1C21CCCC1. The van der Waals surface area contributed by atoms with Gasteiger partial charge in [-0.25, -0.2) is 0 Å². The van der Waals surface area contributed by atoms with Crippen LogP contribution in [-0.2, 0) is 10.8 Å². The van der Waals surface area contributed by atoms with E-state index in [1.807, 2.05) is 0 Å². The lowest BCUT2D eigenvalue weighted by Gasteiger charge is -2.34. The third kappa shape index (κ3) is 5.15. The molecule has 0 atom stereocenters. The summed E-state index contributed by atoms with van der Waals surface area (Å²) in [5, 5.41) is 10.1. The largest absolute Gasteiger partial charge is 0.310 e. The van der Waals surface area contributed by atoms with Crippen molar-refractivity contribution in [3.05, 3.63) is 270 Å². The highest BCUT2D eigenvalue weighted by Crippen LogP contribution is 2.65. The molecule has 4 aliphatic rings. The Morgan fingerprint density at radius 3 is 1.37 bits per heavy atom. The average Bonchev–Trinajstić information content (AvgIpc) is 4.19. The van der Waals surface area contributed by atoms with Gasteiger partial charge in [-0.3, -0.25) is 0 Å². The van der Waals surface area contributed by atoms with Crippen molar-refractivity contribution < 1.29 is 0 Å². The molecule has 1 fully saturated rings. The van der Waals surface area contributed by atoms with E-state index in [-0.39, 0.29) is 5.41 Å². The first-order chi connectivity index (χ1) is 35.2. The molecule has 1 heteroatoms. The lowest BCUT2D eigenvalue weighted by molar-refractivity contribution is 0.550. The van der Waals surface area contributed by atoms with Crippen LogP contribution in [0.3, 0.4) is 0 Å². The van der Waals surface area contributed by atoms with Crippen molar-refractivity contribution >= 4 is 60.2 Å². The van der Waals surface area contributed by atoms with Crippen molar-refractivity contribution in [1.82, 2.24) is 0 Å². The predicted octanol–water partition coefficient (Wildman–Crippen LogP) is 18.6. The van der Waals surface area contributed by atoms with Crippen molar-refractivity contribution in [2.24, 2.45) is 0 Å². The molecule has 0 unspecified atom stereocenters. The first-order valence-electron chi connectivity index (χ1n) is 25.5. The fourth-order valence-corrected chi connectivity index (χ4v) is 14.5. The first-order valence-corrected chi connectivity index (χ1v) is 25.5. The molecular formula is C70H47N. The molecule has 0 aromatic heterocycles. The maximum atomic E-state index is 2.65. The van der Waals surface area contributed by atoms with Gasteiger partial charge in [0, 0.05) is 22.4 Å². The maximum Gasteiger partial charge on any atom is 0.0726 e. The minimum absolute atomic E-state index is 0.00543. The van der Waals surface area contributed by atoms with Gasteiger partial charge in [-0.1, -0.05) is 213 Å². The summed E-state index contributed by atoms with van der Waals surface area (Å²) in [6.07, 6.45) is 4.84. The molecule has 4 aliphatic carbocycles. The van der Waals surface area contributed by atoms with Crippen molar-refractivity contribution in [3.63, 3.8) is 0 Å². The average molecular weight is 902 g/mol. The van der Waals surface area contributed by atoms with E-state index in [4.69, 9.17) is 0 Å². The molecule has 0 bridgehead atoms. The molecule has 1 saturated carbocycles. The van der Waals surface area contributed by atoms with E-state index in [9.17, 15) is 0 Å². The quantitative estimate of drug-likeness (QED) is 0.159. The molecule has 0 N–H and O–H groups in total. The fraction of sp³-hybridized carbons (Fsp3) is 0.0857. The van der Waals surface area contributed by atoms with Gasteiger partial charge < -0.3 is 4.90 Å². The normalized spacial score (nSPS) is 15.0.